The number of carbonyl (C=O) groups is 1. The summed E-state index contributed by atoms with van der Waals surface area (Å²) in [5.41, 5.74) is 2.54. The molecule has 0 bridgehead atoms. The van der Waals surface area contributed by atoms with Crippen molar-refractivity contribution in [3.8, 4) is 0 Å². The molecule has 4 rings (SSSR count). The van der Waals surface area contributed by atoms with Crippen molar-refractivity contribution in [3.05, 3.63) is 54.7 Å². The SMILES string of the molecule is O=C(CCCCc1c[nH]c2ccccc12)NC1CC(Cn2ccnc2)C1. The molecule has 1 saturated carbocycles. The molecule has 1 aromatic carbocycles. The summed E-state index contributed by atoms with van der Waals surface area (Å²) in [7, 11) is 0. The first-order valence-corrected chi connectivity index (χ1v) is 9.58. The molecule has 5 heteroatoms. The Morgan fingerprint density at radius 2 is 2.15 bits per heavy atom. The summed E-state index contributed by atoms with van der Waals surface area (Å²) in [4.78, 5) is 19.5. The number of hydrogen-bond donors (Lipinski definition) is 2. The number of amides is 1. The van der Waals surface area contributed by atoms with Gasteiger partial charge in [0, 0.05) is 48.5 Å². The Hall–Kier alpha value is -2.56. The Bertz CT molecular complexity index is 846. The first-order valence-electron chi connectivity index (χ1n) is 9.58. The van der Waals surface area contributed by atoms with Crippen molar-refractivity contribution < 1.29 is 4.79 Å². The van der Waals surface area contributed by atoms with E-state index in [1.54, 1.807) is 0 Å². The van der Waals surface area contributed by atoms with Crippen LogP contribution in [-0.4, -0.2) is 26.5 Å². The van der Waals surface area contributed by atoms with Crippen LogP contribution in [0.1, 0.15) is 37.7 Å². The van der Waals surface area contributed by atoms with Crippen LogP contribution >= 0.6 is 0 Å². The smallest absolute Gasteiger partial charge is 0.220 e. The van der Waals surface area contributed by atoms with Gasteiger partial charge < -0.3 is 14.9 Å². The number of imidazole rings is 1. The molecular weight excluding hydrogens is 324 g/mol. The normalized spacial score (nSPS) is 19.4. The predicted molar refractivity (Wildman–Crippen MR) is 103 cm³/mol. The molecule has 3 aromatic rings. The van der Waals surface area contributed by atoms with Gasteiger partial charge in [-0.3, -0.25) is 4.79 Å². The molecule has 0 radical (unpaired) electrons. The Morgan fingerprint density at radius 1 is 1.27 bits per heavy atom. The van der Waals surface area contributed by atoms with Gasteiger partial charge in [-0.15, -0.1) is 0 Å². The maximum Gasteiger partial charge on any atom is 0.220 e. The number of carbonyl (C=O) groups excluding carboxylic acids is 1. The van der Waals surface area contributed by atoms with Crippen molar-refractivity contribution in [2.75, 3.05) is 0 Å². The second kappa shape index (κ2) is 7.77. The Kier molecular flexibility index (Phi) is 5.04. The second-order valence-electron chi connectivity index (χ2n) is 7.43. The highest BCUT2D eigenvalue weighted by Crippen LogP contribution is 2.29. The maximum atomic E-state index is 12.1. The number of nitrogens with one attached hydrogen (secondary N) is 2. The van der Waals surface area contributed by atoms with E-state index in [1.165, 1.54) is 16.5 Å². The quantitative estimate of drug-likeness (QED) is 0.609. The first kappa shape index (κ1) is 16.9. The summed E-state index contributed by atoms with van der Waals surface area (Å²) >= 11 is 0. The molecule has 5 nitrogen and oxygen atoms in total. The number of hydrogen-bond acceptors (Lipinski definition) is 2. The molecule has 2 heterocycles. The summed E-state index contributed by atoms with van der Waals surface area (Å²) in [5, 5.41) is 4.48. The van der Waals surface area contributed by atoms with Gasteiger partial charge in [-0.2, -0.15) is 0 Å². The van der Waals surface area contributed by atoms with Crippen LogP contribution in [0.2, 0.25) is 0 Å². The van der Waals surface area contributed by atoms with E-state index >= 15 is 0 Å². The van der Waals surface area contributed by atoms with Crippen molar-refractivity contribution >= 4 is 16.8 Å². The van der Waals surface area contributed by atoms with Gasteiger partial charge in [0.25, 0.3) is 0 Å². The highest BCUT2D eigenvalue weighted by atomic mass is 16.1. The van der Waals surface area contributed by atoms with Crippen LogP contribution in [0, 0.1) is 5.92 Å². The first-order chi connectivity index (χ1) is 12.8. The van der Waals surface area contributed by atoms with Gasteiger partial charge in [0.05, 0.1) is 6.33 Å². The number of nitrogens with zero attached hydrogens (tertiary/aromatic N) is 2. The minimum atomic E-state index is 0.204. The van der Waals surface area contributed by atoms with E-state index in [0.717, 1.165) is 38.6 Å². The highest BCUT2D eigenvalue weighted by Gasteiger charge is 2.30. The molecule has 0 atom stereocenters. The van der Waals surface area contributed by atoms with Gasteiger partial charge in [0.2, 0.25) is 5.91 Å². The van der Waals surface area contributed by atoms with E-state index in [4.69, 9.17) is 0 Å². The van der Waals surface area contributed by atoms with Crippen molar-refractivity contribution in [2.24, 2.45) is 5.92 Å². The van der Waals surface area contributed by atoms with Gasteiger partial charge in [0.15, 0.2) is 0 Å². The molecule has 0 unspecified atom stereocenters. The fourth-order valence-corrected chi connectivity index (χ4v) is 3.93. The third-order valence-electron chi connectivity index (χ3n) is 5.40. The largest absolute Gasteiger partial charge is 0.361 e. The summed E-state index contributed by atoms with van der Waals surface area (Å²) in [5.74, 6) is 0.867. The fraction of sp³-hybridized carbons (Fsp3) is 0.429. The average Bonchev–Trinajstić information content (AvgIpc) is 3.27. The molecule has 1 amide bonds. The van der Waals surface area contributed by atoms with Crippen LogP contribution in [0.5, 0.6) is 0 Å². The van der Waals surface area contributed by atoms with E-state index in [9.17, 15) is 4.79 Å². The lowest BCUT2D eigenvalue weighted by Crippen LogP contribution is -2.45. The minimum Gasteiger partial charge on any atom is -0.361 e. The number of aromatic nitrogens is 3. The average molecular weight is 350 g/mol. The number of unbranched alkanes of at least 4 members (excludes halogenated alkanes) is 1. The van der Waals surface area contributed by atoms with E-state index in [0.29, 0.717) is 18.4 Å². The third kappa shape index (κ3) is 3.98. The molecule has 2 aromatic heterocycles. The van der Waals surface area contributed by atoms with Crippen LogP contribution in [-0.2, 0) is 17.8 Å². The topological polar surface area (TPSA) is 62.7 Å². The number of benzene rings is 1. The number of fused-ring (bicyclic) bond motifs is 1. The fourth-order valence-electron chi connectivity index (χ4n) is 3.93. The molecule has 136 valence electrons. The summed E-state index contributed by atoms with van der Waals surface area (Å²) in [6, 6.07) is 8.75. The van der Waals surface area contributed by atoms with Crippen molar-refractivity contribution in [2.45, 2.75) is 51.1 Å². The van der Waals surface area contributed by atoms with Gasteiger partial charge in [-0.25, -0.2) is 4.98 Å². The standard InChI is InChI=1S/C21H26N4O/c26-21(24-18-11-16(12-18)14-25-10-9-22-15-25)8-4-1-5-17-13-23-20-7-3-2-6-19(17)20/h2-3,6-7,9-10,13,15-16,18,23H,1,4-5,8,11-12,14H2,(H,24,26). The van der Waals surface area contributed by atoms with E-state index in [2.05, 4.69) is 44.2 Å². The lowest BCUT2D eigenvalue weighted by molar-refractivity contribution is -0.122. The van der Waals surface area contributed by atoms with Crippen molar-refractivity contribution in [3.63, 3.8) is 0 Å². The van der Waals surface area contributed by atoms with Gasteiger partial charge in [-0.1, -0.05) is 18.2 Å². The number of aromatic amines is 1. The lowest BCUT2D eigenvalue weighted by Gasteiger charge is -2.36. The Labute approximate surface area is 153 Å². The van der Waals surface area contributed by atoms with Crippen LogP contribution in [0.25, 0.3) is 10.9 Å². The zero-order chi connectivity index (χ0) is 17.8. The van der Waals surface area contributed by atoms with Crippen molar-refractivity contribution in [1.29, 1.82) is 0 Å². The molecule has 1 aliphatic rings. The number of H-pyrrole nitrogens is 1. The zero-order valence-electron chi connectivity index (χ0n) is 15.0. The maximum absolute atomic E-state index is 12.1. The van der Waals surface area contributed by atoms with Crippen molar-refractivity contribution in [1.82, 2.24) is 19.9 Å². The minimum absolute atomic E-state index is 0.204. The number of rotatable bonds is 8. The molecule has 2 N–H and O–H groups in total. The lowest BCUT2D eigenvalue weighted by atomic mass is 9.80. The van der Waals surface area contributed by atoms with Gasteiger partial charge >= 0.3 is 0 Å². The molecule has 26 heavy (non-hydrogen) atoms. The predicted octanol–water partition coefficient (Wildman–Crippen LogP) is 3.67. The van der Waals surface area contributed by atoms with E-state index < -0.39 is 0 Å². The van der Waals surface area contributed by atoms with Gasteiger partial charge in [-0.05, 0) is 49.7 Å². The molecular formula is C21H26N4O. The Morgan fingerprint density at radius 3 is 3.00 bits per heavy atom. The summed E-state index contributed by atoms with van der Waals surface area (Å²) in [6.07, 6.45) is 13.6. The van der Waals surface area contributed by atoms with Crippen LogP contribution in [0.4, 0.5) is 0 Å². The summed E-state index contributed by atoms with van der Waals surface area (Å²) < 4.78 is 2.12. The van der Waals surface area contributed by atoms with Crippen LogP contribution < -0.4 is 5.32 Å². The van der Waals surface area contributed by atoms with Gasteiger partial charge in [0.1, 0.15) is 0 Å². The third-order valence-corrected chi connectivity index (χ3v) is 5.40. The number of aryl methyl sites for hydroxylation is 1. The molecule has 0 saturated heterocycles. The second-order valence-corrected chi connectivity index (χ2v) is 7.43. The van der Waals surface area contributed by atoms with Crippen LogP contribution in [0.15, 0.2) is 49.2 Å². The van der Waals surface area contributed by atoms with Crippen LogP contribution in [0.3, 0.4) is 0 Å². The zero-order valence-corrected chi connectivity index (χ0v) is 15.0. The van der Waals surface area contributed by atoms with E-state index in [1.807, 2.05) is 24.8 Å². The molecule has 1 fully saturated rings. The number of para-hydroxylation sites is 1. The Balaban J connectivity index is 1.12. The van der Waals surface area contributed by atoms with E-state index in [-0.39, 0.29) is 5.91 Å². The highest BCUT2D eigenvalue weighted by molar-refractivity contribution is 5.83. The molecule has 1 aliphatic carbocycles. The summed E-state index contributed by atoms with van der Waals surface area (Å²) in [6.45, 7) is 1.01. The molecule has 0 spiro atoms. The molecule has 0 aliphatic heterocycles. The monoisotopic (exact) mass is 350 g/mol.